The summed E-state index contributed by atoms with van der Waals surface area (Å²) < 4.78 is 0. The van der Waals surface area contributed by atoms with Gasteiger partial charge in [-0.3, -0.25) is 0 Å². The zero-order valence-corrected chi connectivity index (χ0v) is 41.8. The van der Waals surface area contributed by atoms with Crippen LogP contribution in [0.1, 0.15) is 6.42 Å². The number of allylic oxidation sites excluding steroid dienone is 7. The van der Waals surface area contributed by atoms with E-state index in [2.05, 4.69) is 295 Å². The van der Waals surface area contributed by atoms with Gasteiger partial charge in [0.05, 0.1) is 0 Å². The summed E-state index contributed by atoms with van der Waals surface area (Å²) in [5, 5.41) is 16.9. The van der Waals surface area contributed by atoms with Crippen LogP contribution in [0.4, 0.5) is 28.4 Å². The van der Waals surface area contributed by atoms with Crippen LogP contribution in [0.25, 0.3) is 97.7 Å². The fourth-order valence-corrected chi connectivity index (χ4v) is 12.4. The van der Waals surface area contributed by atoms with Crippen molar-refractivity contribution in [3.05, 3.63) is 296 Å². The van der Waals surface area contributed by atoms with E-state index >= 15 is 0 Å². The third-order valence-corrected chi connectivity index (χ3v) is 16.0. The van der Waals surface area contributed by atoms with Crippen LogP contribution in [-0.4, -0.2) is 0 Å². The molecule has 0 aliphatic heterocycles. The number of rotatable bonds is 8. The van der Waals surface area contributed by atoms with Gasteiger partial charge in [0, 0.05) is 40.1 Å². The lowest BCUT2D eigenvalue weighted by Gasteiger charge is -2.31. The first-order valence-corrected chi connectivity index (χ1v) is 26.5. The van der Waals surface area contributed by atoms with Crippen LogP contribution < -0.4 is 9.80 Å². The molecule has 0 radical (unpaired) electrons. The Morgan fingerprint density at radius 2 is 0.711 bits per heavy atom. The molecule has 2 nitrogen and oxygen atoms in total. The molecule has 0 fully saturated rings. The van der Waals surface area contributed by atoms with Crippen molar-refractivity contribution in [2.24, 2.45) is 5.92 Å². The van der Waals surface area contributed by atoms with Crippen LogP contribution in [0, 0.1) is 5.92 Å². The second-order valence-electron chi connectivity index (χ2n) is 20.4. The summed E-state index contributed by atoms with van der Waals surface area (Å²) in [6.07, 6.45) is 14.8. The van der Waals surface area contributed by atoms with Crippen LogP contribution in [0.3, 0.4) is 0 Å². The Hall–Kier alpha value is -9.76. The Morgan fingerprint density at radius 1 is 0.303 bits per heavy atom. The number of fused-ring (bicyclic) bond motifs is 8. The number of nitrogens with zero attached hydrogens (tertiary/aromatic N) is 2. The normalized spacial score (nSPS) is 14.2. The van der Waals surface area contributed by atoms with Gasteiger partial charge in [-0.1, -0.05) is 218 Å². The largest absolute Gasteiger partial charge is 0.311 e. The highest BCUT2D eigenvalue weighted by molar-refractivity contribution is 6.26. The highest BCUT2D eigenvalue weighted by Crippen LogP contribution is 2.51. The molecule has 356 valence electrons. The maximum Gasteiger partial charge on any atom is 0.0468 e. The van der Waals surface area contributed by atoms with Crippen molar-refractivity contribution in [3.63, 3.8) is 0 Å². The Kier molecular flexibility index (Phi) is 10.4. The molecule has 0 saturated heterocycles. The summed E-state index contributed by atoms with van der Waals surface area (Å²) in [6.45, 7) is 0. The fraction of sp³-hybridized carbons (Fsp3) is 0.0270. The van der Waals surface area contributed by atoms with Gasteiger partial charge in [-0.25, -0.2) is 0 Å². The molecule has 1 atom stereocenters. The summed E-state index contributed by atoms with van der Waals surface area (Å²) in [5.41, 5.74) is 12.9. The molecule has 2 aliphatic rings. The summed E-state index contributed by atoms with van der Waals surface area (Å²) in [5.74, 6) is 0.375. The molecule has 1 unspecified atom stereocenters. The van der Waals surface area contributed by atoms with Crippen molar-refractivity contribution in [3.8, 4) is 22.3 Å². The second-order valence-corrected chi connectivity index (χ2v) is 20.4. The van der Waals surface area contributed by atoms with Crippen molar-refractivity contribution in [2.45, 2.75) is 6.42 Å². The van der Waals surface area contributed by atoms with Gasteiger partial charge in [-0.2, -0.15) is 0 Å². The van der Waals surface area contributed by atoms with Gasteiger partial charge < -0.3 is 9.80 Å². The van der Waals surface area contributed by atoms with Crippen LogP contribution in [0.5, 0.6) is 0 Å². The van der Waals surface area contributed by atoms with Crippen LogP contribution in [0.2, 0.25) is 0 Å². The van der Waals surface area contributed by atoms with Gasteiger partial charge in [0.1, 0.15) is 0 Å². The van der Waals surface area contributed by atoms with Crippen molar-refractivity contribution in [2.75, 3.05) is 9.80 Å². The van der Waals surface area contributed by atoms with Crippen LogP contribution >= 0.6 is 0 Å². The summed E-state index contributed by atoms with van der Waals surface area (Å²) in [6, 6.07) is 92.6. The highest BCUT2D eigenvalue weighted by atomic mass is 15.2. The molecule has 0 spiro atoms. The third-order valence-electron chi connectivity index (χ3n) is 16.0. The van der Waals surface area contributed by atoms with Gasteiger partial charge in [0.15, 0.2) is 0 Å². The predicted molar refractivity (Wildman–Crippen MR) is 326 cm³/mol. The molecule has 0 saturated carbocycles. The van der Waals surface area contributed by atoms with Crippen LogP contribution in [-0.2, 0) is 0 Å². The molecule has 0 N–H and O–H groups in total. The average molecular weight is 967 g/mol. The van der Waals surface area contributed by atoms with E-state index in [1.165, 1.54) is 109 Å². The van der Waals surface area contributed by atoms with E-state index in [9.17, 15) is 0 Å². The van der Waals surface area contributed by atoms with Gasteiger partial charge >= 0.3 is 0 Å². The van der Waals surface area contributed by atoms with E-state index in [0.29, 0.717) is 5.92 Å². The third kappa shape index (κ3) is 7.41. The predicted octanol–water partition coefficient (Wildman–Crippen LogP) is 20.7. The Labute approximate surface area is 442 Å². The minimum absolute atomic E-state index is 0.375. The van der Waals surface area contributed by atoms with E-state index in [4.69, 9.17) is 0 Å². The highest BCUT2D eigenvalue weighted by Gasteiger charge is 2.26. The van der Waals surface area contributed by atoms with E-state index < -0.39 is 0 Å². The first-order chi connectivity index (χ1) is 37.7. The van der Waals surface area contributed by atoms with Crippen molar-refractivity contribution in [1.82, 2.24) is 0 Å². The van der Waals surface area contributed by atoms with Crippen molar-refractivity contribution < 1.29 is 0 Å². The Bertz CT molecular complexity index is 4560. The molecule has 15 rings (SSSR count). The summed E-state index contributed by atoms with van der Waals surface area (Å²) in [4.78, 5) is 4.94. The van der Waals surface area contributed by atoms with Gasteiger partial charge in [-0.15, -0.1) is 0 Å². The lowest BCUT2D eigenvalue weighted by atomic mass is 9.83. The zero-order chi connectivity index (χ0) is 50.1. The first kappa shape index (κ1) is 43.8. The number of hydrogen-bond acceptors (Lipinski definition) is 2. The molecule has 76 heavy (non-hydrogen) atoms. The Balaban J connectivity index is 1.05. The maximum atomic E-state index is 2.49. The van der Waals surface area contributed by atoms with E-state index in [0.717, 1.165) is 34.9 Å². The van der Waals surface area contributed by atoms with E-state index in [-0.39, 0.29) is 0 Å². The van der Waals surface area contributed by atoms with Crippen LogP contribution in [0.15, 0.2) is 296 Å². The standard InChI is InChI=1S/C74H50N2/c1-5-21-55-43-59(35-31-49(55)15-1)75(60-36-32-50-16-2-6-22-56(50)44-60)63-39-41-69-71(47-63)73(67-29-13-25-53-19-9-11-27-65(53)67)70-42-40-64(48-72(70)74(69)68-30-14-26-54-20-10-12-28-66(54)68)76(61-37-33-51-17-3-7-23-57(51)45-61)62-38-34-52-18-4-8-24-58(52)46-62/h1-33,35-48,52H,34H2. The lowest BCUT2D eigenvalue weighted by molar-refractivity contribution is 0.768. The average Bonchev–Trinajstić information content (AvgIpc) is 3.50. The molecule has 2 aliphatic carbocycles. The molecule has 0 aromatic heterocycles. The molecular formula is C74H50N2. The topological polar surface area (TPSA) is 6.48 Å². The summed E-state index contributed by atoms with van der Waals surface area (Å²) >= 11 is 0. The molecule has 13 aromatic carbocycles. The quantitative estimate of drug-likeness (QED) is 0.140. The Morgan fingerprint density at radius 3 is 1.22 bits per heavy atom. The monoisotopic (exact) mass is 966 g/mol. The second kappa shape index (κ2) is 18.0. The first-order valence-electron chi connectivity index (χ1n) is 26.5. The van der Waals surface area contributed by atoms with Crippen molar-refractivity contribution in [1.29, 1.82) is 0 Å². The molecular weight excluding hydrogens is 917 g/mol. The van der Waals surface area contributed by atoms with E-state index in [1.807, 2.05) is 0 Å². The number of anilines is 5. The fourth-order valence-electron chi connectivity index (χ4n) is 12.4. The van der Waals surface area contributed by atoms with Gasteiger partial charge in [-0.05, 0) is 176 Å². The SMILES string of the molecule is C1=CC2=CC(N(c3ccc4ccccc4c3)c3ccc4c(-c5cccc6ccccc56)c5cc(N(c6ccc7ccccc7c6)c6ccc7ccccc7c6)ccc5c(-c5cccc6ccccc56)c4c3)=CCC2C=C1. The van der Waals surface area contributed by atoms with Gasteiger partial charge in [0.2, 0.25) is 0 Å². The minimum atomic E-state index is 0.375. The minimum Gasteiger partial charge on any atom is -0.311 e. The molecule has 13 aromatic rings. The molecule has 0 amide bonds. The summed E-state index contributed by atoms with van der Waals surface area (Å²) in [7, 11) is 0. The maximum absolute atomic E-state index is 2.49. The van der Waals surface area contributed by atoms with Gasteiger partial charge in [0.25, 0.3) is 0 Å². The smallest absolute Gasteiger partial charge is 0.0468 e. The molecule has 2 heteroatoms. The molecule has 0 bridgehead atoms. The van der Waals surface area contributed by atoms with Crippen molar-refractivity contribution >= 4 is 104 Å². The lowest BCUT2D eigenvalue weighted by Crippen LogP contribution is -2.19. The zero-order valence-electron chi connectivity index (χ0n) is 41.8. The number of hydrogen-bond donors (Lipinski definition) is 0. The van der Waals surface area contributed by atoms with E-state index in [1.54, 1.807) is 0 Å². The number of benzene rings is 13. The molecule has 0 heterocycles.